The molecule has 0 amide bonds. The van der Waals surface area contributed by atoms with E-state index in [2.05, 4.69) is 12.7 Å². The van der Waals surface area contributed by atoms with Crippen LogP contribution in [-0.2, 0) is 0 Å². The van der Waals surface area contributed by atoms with Crippen molar-refractivity contribution in [1.82, 2.24) is 0 Å². The molecule has 0 bridgehead atoms. The van der Waals surface area contributed by atoms with Gasteiger partial charge in [0, 0.05) is 0 Å². The topological polar surface area (TPSA) is 0 Å². The normalized spacial score (nSPS) is 58.4. The summed E-state index contributed by atoms with van der Waals surface area (Å²) in [6, 6.07) is 0. The first-order valence-corrected chi connectivity index (χ1v) is 7.52. The van der Waals surface area contributed by atoms with E-state index in [4.69, 9.17) is 0 Å². The Bertz CT molecular complexity index is 301. The minimum Gasteiger partial charge on any atom is -0.103 e. The molecule has 0 heterocycles. The Morgan fingerprint density at radius 2 is 1.31 bits per heavy atom. The van der Waals surface area contributed by atoms with Gasteiger partial charge >= 0.3 is 0 Å². The third-order valence-corrected chi connectivity index (χ3v) is 6.59. The molecule has 0 N–H and O–H groups in total. The number of rotatable bonds is 2. The van der Waals surface area contributed by atoms with Gasteiger partial charge in [-0.1, -0.05) is 12.5 Å². The summed E-state index contributed by atoms with van der Waals surface area (Å²) < 4.78 is 0. The van der Waals surface area contributed by atoms with Gasteiger partial charge in [-0.05, 0) is 80.0 Å². The molecule has 0 aromatic rings. The molecule has 0 aromatic heterocycles. The minimum absolute atomic E-state index is 0.890. The van der Waals surface area contributed by atoms with Crippen LogP contribution in [0.2, 0.25) is 0 Å². The number of hydrogen-bond acceptors (Lipinski definition) is 0. The van der Waals surface area contributed by atoms with Crippen LogP contribution in [-0.4, -0.2) is 0 Å². The van der Waals surface area contributed by atoms with Gasteiger partial charge in [-0.15, -0.1) is 6.58 Å². The van der Waals surface area contributed by atoms with Crippen molar-refractivity contribution in [2.24, 2.45) is 41.4 Å². The average Bonchev–Trinajstić information content (AvgIpc) is 2.97. The highest BCUT2D eigenvalue weighted by Crippen LogP contribution is 2.67. The zero-order valence-electron chi connectivity index (χ0n) is 10.3. The molecule has 16 heavy (non-hydrogen) atoms. The summed E-state index contributed by atoms with van der Waals surface area (Å²) in [7, 11) is 0. The molecule has 0 nitrogen and oxygen atoms in total. The maximum atomic E-state index is 4.04. The highest BCUT2D eigenvalue weighted by molar-refractivity contribution is 5.10. The van der Waals surface area contributed by atoms with E-state index in [9.17, 15) is 0 Å². The van der Waals surface area contributed by atoms with Gasteiger partial charge in [0.25, 0.3) is 0 Å². The van der Waals surface area contributed by atoms with E-state index < -0.39 is 0 Å². The lowest BCUT2D eigenvalue weighted by molar-refractivity contribution is 0.0485. The fourth-order valence-electron chi connectivity index (χ4n) is 5.71. The molecular weight excluding hydrogens is 192 g/mol. The molecule has 0 aromatic carbocycles. The van der Waals surface area contributed by atoms with Crippen LogP contribution in [0, 0.1) is 41.4 Å². The first-order valence-electron chi connectivity index (χ1n) is 7.52. The largest absolute Gasteiger partial charge is 0.103 e. The molecule has 0 saturated heterocycles. The second-order valence-electron chi connectivity index (χ2n) is 6.88. The van der Waals surface area contributed by atoms with Crippen molar-refractivity contribution in [3.63, 3.8) is 0 Å². The number of fused-ring (bicyclic) bond motifs is 1. The Kier molecular flexibility index (Phi) is 2.05. The van der Waals surface area contributed by atoms with Crippen LogP contribution >= 0.6 is 0 Å². The average molecular weight is 216 g/mol. The summed E-state index contributed by atoms with van der Waals surface area (Å²) in [6.45, 7) is 4.04. The highest BCUT2D eigenvalue weighted by Gasteiger charge is 2.60. The summed E-state index contributed by atoms with van der Waals surface area (Å²) >= 11 is 0. The highest BCUT2D eigenvalue weighted by atomic mass is 14.6. The monoisotopic (exact) mass is 216 g/mol. The smallest absolute Gasteiger partial charge is 0.0205 e. The van der Waals surface area contributed by atoms with Crippen LogP contribution in [0.5, 0.6) is 0 Å². The van der Waals surface area contributed by atoms with Crippen LogP contribution < -0.4 is 0 Å². The van der Waals surface area contributed by atoms with E-state index in [-0.39, 0.29) is 0 Å². The number of allylic oxidation sites excluding steroid dienone is 1. The van der Waals surface area contributed by atoms with Crippen molar-refractivity contribution in [3.05, 3.63) is 12.7 Å². The van der Waals surface area contributed by atoms with Crippen LogP contribution in [0.15, 0.2) is 12.7 Å². The molecule has 4 rings (SSSR count). The molecule has 0 aliphatic heterocycles. The summed E-state index contributed by atoms with van der Waals surface area (Å²) in [6.07, 6.45) is 13.1. The van der Waals surface area contributed by atoms with Gasteiger partial charge in [0.15, 0.2) is 0 Å². The Morgan fingerprint density at radius 3 is 2.00 bits per heavy atom. The van der Waals surface area contributed by atoms with Crippen molar-refractivity contribution >= 4 is 0 Å². The third kappa shape index (κ3) is 1.17. The fraction of sp³-hybridized carbons (Fsp3) is 0.875. The van der Waals surface area contributed by atoms with Crippen LogP contribution in [0.25, 0.3) is 0 Å². The maximum Gasteiger partial charge on any atom is -0.0205 e. The van der Waals surface area contributed by atoms with E-state index in [0.29, 0.717) is 0 Å². The first-order chi connectivity index (χ1) is 7.90. The Labute approximate surface area is 99.5 Å². The molecule has 7 atom stereocenters. The summed E-state index contributed by atoms with van der Waals surface area (Å²) in [5.74, 6) is 7.74. The van der Waals surface area contributed by atoms with Gasteiger partial charge in [-0.25, -0.2) is 0 Å². The van der Waals surface area contributed by atoms with E-state index >= 15 is 0 Å². The van der Waals surface area contributed by atoms with Crippen LogP contribution in [0.4, 0.5) is 0 Å². The Hall–Kier alpha value is -0.260. The van der Waals surface area contributed by atoms with Gasteiger partial charge in [0.2, 0.25) is 0 Å². The molecule has 4 saturated carbocycles. The Balaban J connectivity index is 1.54. The summed E-state index contributed by atoms with van der Waals surface area (Å²) in [5.41, 5.74) is 0. The van der Waals surface area contributed by atoms with Gasteiger partial charge in [-0.2, -0.15) is 0 Å². The van der Waals surface area contributed by atoms with Gasteiger partial charge in [-0.3, -0.25) is 0 Å². The van der Waals surface area contributed by atoms with Crippen LogP contribution in [0.1, 0.15) is 44.9 Å². The predicted octanol–water partition coefficient (Wildman–Crippen LogP) is 4.27. The van der Waals surface area contributed by atoms with Crippen LogP contribution in [0.3, 0.4) is 0 Å². The van der Waals surface area contributed by atoms with Gasteiger partial charge in [0.05, 0.1) is 0 Å². The van der Waals surface area contributed by atoms with Crippen molar-refractivity contribution < 1.29 is 0 Å². The summed E-state index contributed by atoms with van der Waals surface area (Å²) in [4.78, 5) is 0. The van der Waals surface area contributed by atoms with Gasteiger partial charge < -0.3 is 0 Å². The SMILES string of the molecule is C=CC1CCC1C1CCC2C3CCCC1C32. The lowest BCUT2D eigenvalue weighted by Crippen LogP contribution is -2.38. The summed E-state index contributed by atoms with van der Waals surface area (Å²) in [5, 5.41) is 0. The molecular formula is C16H24. The second-order valence-corrected chi connectivity index (χ2v) is 6.88. The van der Waals surface area contributed by atoms with Crippen molar-refractivity contribution in [2.75, 3.05) is 0 Å². The Morgan fingerprint density at radius 1 is 0.688 bits per heavy atom. The lowest BCUT2D eigenvalue weighted by Gasteiger charge is -2.46. The zero-order valence-corrected chi connectivity index (χ0v) is 10.3. The van der Waals surface area contributed by atoms with E-state index in [1.54, 1.807) is 32.1 Å². The lowest BCUT2D eigenvalue weighted by atomic mass is 9.59. The van der Waals surface area contributed by atoms with E-state index in [1.165, 1.54) is 30.6 Å². The molecule has 4 aliphatic carbocycles. The zero-order chi connectivity index (χ0) is 10.7. The molecule has 4 aliphatic rings. The maximum absolute atomic E-state index is 4.04. The first kappa shape index (κ1) is 9.74. The molecule has 0 spiro atoms. The standard InChI is InChI=1S/C16H24/c1-2-10-6-7-11(10)12-8-9-15-14-5-3-4-13(12)16(14)15/h2,10-16H,1,3-9H2. The molecule has 0 heteroatoms. The molecule has 88 valence electrons. The molecule has 4 fully saturated rings. The van der Waals surface area contributed by atoms with Crippen molar-refractivity contribution in [3.8, 4) is 0 Å². The van der Waals surface area contributed by atoms with Crippen molar-refractivity contribution in [1.29, 1.82) is 0 Å². The van der Waals surface area contributed by atoms with Crippen molar-refractivity contribution in [2.45, 2.75) is 44.9 Å². The molecule has 0 radical (unpaired) electrons. The third-order valence-electron chi connectivity index (χ3n) is 6.59. The van der Waals surface area contributed by atoms with Gasteiger partial charge in [0.1, 0.15) is 0 Å². The number of hydrogen-bond donors (Lipinski definition) is 0. The fourth-order valence-corrected chi connectivity index (χ4v) is 5.71. The molecule has 7 unspecified atom stereocenters. The predicted molar refractivity (Wildman–Crippen MR) is 66.9 cm³/mol. The van der Waals surface area contributed by atoms with E-state index in [1.807, 2.05) is 0 Å². The van der Waals surface area contributed by atoms with E-state index in [0.717, 1.165) is 23.7 Å². The quantitative estimate of drug-likeness (QED) is 0.605. The minimum atomic E-state index is 0.890. The second kappa shape index (κ2) is 3.37.